The van der Waals surface area contributed by atoms with E-state index in [1.54, 1.807) is 11.8 Å². The lowest BCUT2D eigenvalue weighted by atomic mass is 10.1. The smallest absolute Gasteiger partial charge is 0.268 e. The van der Waals surface area contributed by atoms with Crippen LogP contribution in [-0.4, -0.2) is 14.8 Å². The van der Waals surface area contributed by atoms with Gasteiger partial charge in [0.25, 0.3) is 5.56 Å². The number of hydrogen-bond donors (Lipinski definition) is 1. The number of nitrogens with zero attached hydrogens (tertiary/aromatic N) is 2. The quantitative estimate of drug-likeness (QED) is 0.910. The fourth-order valence-electron chi connectivity index (χ4n) is 3.70. The monoisotopic (exact) mass is 327 g/mol. The molecule has 2 aliphatic rings. The largest absolute Gasteiger partial charge is 0.270 e. The molecule has 2 heterocycles. The van der Waals surface area contributed by atoms with Crippen LogP contribution >= 0.6 is 11.8 Å². The number of H-pyrrole nitrogens is 1. The van der Waals surface area contributed by atoms with Gasteiger partial charge >= 0.3 is 0 Å². The van der Waals surface area contributed by atoms with E-state index in [9.17, 15) is 4.79 Å². The van der Waals surface area contributed by atoms with Crippen LogP contribution in [0.1, 0.15) is 55.0 Å². The van der Waals surface area contributed by atoms with Crippen LogP contribution in [0.15, 0.2) is 40.1 Å². The summed E-state index contributed by atoms with van der Waals surface area (Å²) in [6.45, 7) is 2.04. The van der Waals surface area contributed by atoms with Gasteiger partial charge in [0, 0.05) is 5.25 Å². The van der Waals surface area contributed by atoms with Crippen molar-refractivity contribution in [3.63, 3.8) is 0 Å². The topological polar surface area (TPSA) is 50.1 Å². The highest BCUT2D eigenvalue weighted by Gasteiger charge is 2.31. The second kappa shape index (κ2) is 6.04. The van der Waals surface area contributed by atoms with Crippen molar-refractivity contribution >= 4 is 22.6 Å². The lowest BCUT2D eigenvalue weighted by Crippen LogP contribution is -2.14. The fraction of sp³-hybridized carbons (Fsp3) is 0.444. The summed E-state index contributed by atoms with van der Waals surface area (Å²) < 4.78 is 2.05. The van der Waals surface area contributed by atoms with Crippen LogP contribution in [0, 0.1) is 0 Å². The van der Waals surface area contributed by atoms with Crippen LogP contribution in [0.4, 0.5) is 5.82 Å². The second-order valence-electron chi connectivity index (χ2n) is 6.41. The van der Waals surface area contributed by atoms with Crippen molar-refractivity contribution in [3.05, 3.63) is 51.8 Å². The maximum atomic E-state index is 12.6. The molecule has 2 aromatic rings. The summed E-state index contributed by atoms with van der Waals surface area (Å²) in [5.41, 5.74) is 2.16. The zero-order valence-electron chi connectivity index (χ0n) is 13.3. The molecule has 1 saturated carbocycles. The molecule has 5 heteroatoms. The standard InChI is InChI=1S/C18H21N3OS/c1-12-19-17-16(15(23-12)11-13-7-3-2-4-8-13)18(22)20-21(17)14-9-5-6-10-14/h2-4,7-8,14-15H,5-6,9-11H2,1H3,(H,20,22)/t15-/m1/s1. The molecule has 1 aliphatic carbocycles. The second-order valence-corrected chi connectivity index (χ2v) is 7.81. The summed E-state index contributed by atoms with van der Waals surface area (Å²) in [6.07, 6.45) is 5.63. The van der Waals surface area contributed by atoms with Gasteiger partial charge in [-0.3, -0.25) is 14.6 Å². The van der Waals surface area contributed by atoms with Crippen molar-refractivity contribution in [2.75, 3.05) is 0 Å². The van der Waals surface area contributed by atoms with E-state index in [1.165, 1.54) is 18.4 Å². The van der Waals surface area contributed by atoms with Crippen LogP contribution in [0.2, 0.25) is 0 Å². The predicted molar refractivity (Wildman–Crippen MR) is 95.8 cm³/mol. The Balaban J connectivity index is 1.73. The number of fused-ring (bicyclic) bond motifs is 1. The molecule has 4 rings (SSSR count). The molecule has 0 unspecified atom stereocenters. The minimum absolute atomic E-state index is 0.0385. The molecule has 1 aromatic carbocycles. The van der Waals surface area contributed by atoms with Gasteiger partial charge < -0.3 is 0 Å². The Bertz CT molecular complexity index is 784. The summed E-state index contributed by atoms with van der Waals surface area (Å²) in [6, 6.07) is 10.8. The molecule has 0 spiro atoms. The third-order valence-electron chi connectivity index (χ3n) is 4.79. The first-order valence-electron chi connectivity index (χ1n) is 8.32. The van der Waals surface area contributed by atoms with Gasteiger partial charge in [0.2, 0.25) is 0 Å². The predicted octanol–water partition coefficient (Wildman–Crippen LogP) is 4.37. The molecule has 120 valence electrons. The van der Waals surface area contributed by atoms with Crippen molar-refractivity contribution in [2.45, 2.75) is 50.3 Å². The van der Waals surface area contributed by atoms with Crippen LogP contribution in [-0.2, 0) is 6.42 Å². The maximum Gasteiger partial charge on any atom is 0.270 e. The Morgan fingerprint density at radius 3 is 2.74 bits per heavy atom. The van der Waals surface area contributed by atoms with Gasteiger partial charge in [-0.1, -0.05) is 43.2 Å². The minimum Gasteiger partial charge on any atom is -0.268 e. The zero-order chi connectivity index (χ0) is 15.8. The van der Waals surface area contributed by atoms with E-state index in [4.69, 9.17) is 4.99 Å². The molecule has 0 saturated heterocycles. The first kappa shape index (κ1) is 14.8. The van der Waals surface area contributed by atoms with Gasteiger partial charge in [0.1, 0.15) is 0 Å². The summed E-state index contributed by atoms with van der Waals surface area (Å²) in [4.78, 5) is 17.3. The third kappa shape index (κ3) is 2.78. The summed E-state index contributed by atoms with van der Waals surface area (Å²) in [5.74, 6) is 0.874. The third-order valence-corrected chi connectivity index (χ3v) is 5.91. The molecule has 1 atom stereocenters. The molecular weight excluding hydrogens is 306 g/mol. The lowest BCUT2D eigenvalue weighted by Gasteiger charge is -2.22. The van der Waals surface area contributed by atoms with Crippen molar-refractivity contribution in [1.82, 2.24) is 9.78 Å². The Morgan fingerprint density at radius 1 is 1.26 bits per heavy atom. The Hall–Kier alpha value is -1.75. The lowest BCUT2D eigenvalue weighted by molar-refractivity contribution is 0.468. The van der Waals surface area contributed by atoms with Gasteiger partial charge in [-0.15, -0.1) is 11.8 Å². The van der Waals surface area contributed by atoms with E-state index in [0.717, 1.165) is 35.7 Å². The maximum absolute atomic E-state index is 12.6. The molecule has 1 aromatic heterocycles. The molecular formula is C18H21N3OS. The van der Waals surface area contributed by atoms with Crippen LogP contribution in [0.5, 0.6) is 0 Å². The number of aromatic nitrogens is 2. The van der Waals surface area contributed by atoms with Gasteiger partial charge in [0.05, 0.1) is 16.6 Å². The normalized spacial score (nSPS) is 21.3. The number of thioether (sulfide) groups is 1. The molecule has 4 nitrogen and oxygen atoms in total. The van der Waals surface area contributed by atoms with Crippen LogP contribution in [0.25, 0.3) is 0 Å². The van der Waals surface area contributed by atoms with E-state index in [2.05, 4.69) is 29.4 Å². The van der Waals surface area contributed by atoms with E-state index >= 15 is 0 Å². The number of hydrogen-bond acceptors (Lipinski definition) is 3. The fourth-order valence-corrected chi connectivity index (χ4v) is 4.85. The highest BCUT2D eigenvalue weighted by atomic mass is 32.2. The van der Waals surface area contributed by atoms with E-state index < -0.39 is 0 Å². The number of aliphatic imine (C=N–C) groups is 1. The average Bonchev–Trinajstić information content (AvgIpc) is 3.16. The first-order chi connectivity index (χ1) is 11.2. The van der Waals surface area contributed by atoms with Gasteiger partial charge in [0.15, 0.2) is 5.82 Å². The van der Waals surface area contributed by atoms with E-state index in [-0.39, 0.29) is 10.8 Å². The van der Waals surface area contributed by atoms with Crippen molar-refractivity contribution in [3.8, 4) is 0 Å². The summed E-state index contributed by atoms with van der Waals surface area (Å²) in [7, 11) is 0. The number of rotatable bonds is 3. The highest BCUT2D eigenvalue weighted by molar-refractivity contribution is 8.14. The summed E-state index contributed by atoms with van der Waals surface area (Å²) >= 11 is 1.71. The van der Waals surface area contributed by atoms with Crippen molar-refractivity contribution in [1.29, 1.82) is 0 Å². The Kier molecular flexibility index (Phi) is 3.89. The van der Waals surface area contributed by atoms with Crippen LogP contribution < -0.4 is 5.56 Å². The molecule has 0 radical (unpaired) electrons. The number of benzene rings is 1. The molecule has 1 aliphatic heterocycles. The average molecular weight is 327 g/mol. The van der Waals surface area contributed by atoms with E-state index in [1.807, 2.05) is 17.7 Å². The van der Waals surface area contributed by atoms with E-state index in [0.29, 0.717) is 6.04 Å². The summed E-state index contributed by atoms with van der Waals surface area (Å²) in [5, 5.41) is 4.27. The molecule has 1 fully saturated rings. The number of aromatic amines is 1. The van der Waals surface area contributed by atoms with Crippen molar-refractivity contribution < 1.29 is 0 Å². The van der Waals surface area contributed by atoms with Gasteiger partial charge in [-0.25, -0.2) is 4.99 Å². The SMILES string of the molecule is CC1=Nc2c(c(=O)[nH]n2C2CCCC2)[C@@H](Cc2ccccc2)S1. The van der Waals surface area contributed by atoms with Gasteiger partial charge in [-0.05, 0) is 31.7 Å². The Morgan fingerprint density at radius 2 is 2.00 bits per heavy atom. The van der Waals surface area contributed by atoms with Crippen LogP contribution in [0.3, 0.4) is 0 Å². The minimum atomic E-state index is 0.0385. The number of nitrogens with one attached hydrogen (secondary N) is 1. The Labute approximate surface area is 140 Å². The van der Waals surface area contributed by atoms with Crippen molar-refractivity contribution in [2.24, 2.45) is 4.99 Å². The first-order valence-corrected chi connectivity index (χ1v) is 9.20. The molecule has 23 heavy (non-hydrogen) atoms. The highest BCUT2D eigenvalue weighted by Crippen LogP contribution is 2.43. The van der Waals surface area contributed by atoms with Gasteiger partial charge in [-0.2, -0.15) is 0 Å². The molecule has 0 bridgehead atoms. The molecule has 0 amide bonds. The zero-order valence-corrected chi connectivity index (χ0v) is 14.1. The molecule has 1 N–H and O–H groups in total.